The zero-order valence-electron chi connectivity index (χ0n) is 10.5. The lowest BCUT2D eigenvalue weighted by Gasteiger charge is -2.20. The lowest BCUT2D eigenvalue weighted by atomic mass is 9.84. The first-order valence-electron chi connectivity index (χ1n) is 6.60. The maximum Gasteiger partial charge on any atom is 0.123 e. The van der Waals surface area contributed by atoms with Crippen LogP contribution in [0.2, 0.25) is 0 Å². The van der Waals surface area contributed by atoms with E-state index in [0.717, 1.165) is 30.0 Å². The summed E-state index contributed by atoms with van der Waals surface area (Å²) < 4.78 is 13.0. The third-order valence-electron chi connectivity index (χ3n) is 3.94. The highest BCUT2D eigenvalue weighted by Gasteiger charge is 2.23. The molecule has 0 fully saturated rings. The van der Waals surface area contributed by atoms with Crippen molar-refractivity contribution in [1.29, 1.82) is 0 Å². The zero-order valence-corrected chi connectivity index (χ0v) is 10.5. The molecule has 1 atom stereocenters. The average Bonchev–Trinajstić information content (AvgIpc) is 2.82. The van der Waals surface area contributed by atoms with Gasteiger partial charge in [-0.3, -0.25) is 5.10 Å². The topological polar surface area (TPSA) is 28.7 Å². The number of rotatable bonds is 2. The summed E-state index contributed by atoms with van der Waals surface area (Å²) in [6, 6.07) is 6.61. The highest BCUT2D eigenvalue weighted by molar-refractivity contribution is 5.64. The summed E-state index contributed by atoms with van der Waals surface area (Å²) in [5.41, 5.74) is 4.60. The molecule has 1 aliphatic rings. The van der Waals surface area contributed by atoms with Gasteiger partial charge in [0, 0.05) is 16.8 Å². The van der Waals surface area contributed by atoms with Crippen LogP contribution >= 0.6 is 0 Å². The van der Waals surface area contributed by atoms with Crippen molar-refractivity contribution < 1.29 is 4.39 Å². The van der Waals surface area contributed by atoms with Gasteiger partial charge in [-0.1, -0.05) is 13.3 Å². The number of aromatic nitrogens is 2. The SMILES string of the molecule is CCC1CCc2[nH]nc(-c3ccc(F)cc3)c2C1. The predicted octanol–water partition coefficient (Wildman–Crippen LogP) is 3.73. The van der Waals surface area contributed by atoms with Crippen LogP contribution in [0.25, 0.3) is 11.3 Å². The van der Waals surface area contributed by atoms with Crippen molar-refractivity contribution >= 4 is 0 Å². The Hall–Kier alpha value is -1.64. The van der Waals surface area contributed by atoms with Crippen LogP contribution < -0.4 is 0 Å². The van der Waals surface area contributed by atoms with E-state index in [1.54, 1.807) is 12.1 Å². The number of hydrogen-bond acceptors (Lipinski definition) is 1. The number of aryl methyl sites for hydroxylation is 1. The Morgan fingerprint density at radius 2 is 2.11 bits per heavy atom. The number of benzene rings is 1. The standard InChI is InChI=1S/C15H17FN2/c1-2-10-3-8-14-13(9-10)15(18-17-14)11-4-6-12(16)7-5-11/h4-7,10H,2-3,8-9H2,1H3,(H,17,18). The molecule has 0 amide bonds. The summed E-state index contributed by atoms with van der Waals surface area (Å²) in [6.07, 6.45) is 4.64. The van der Waals surface area contributed by atoms with Gasteiger partial charge in [0.05, 0.1) is 5.69 Å². The molecule has 3 rings (SSSR count). The fraction of sp³-hybridized carbons (Fsp3) is 0.400. The van der Waals surface area contributed by atoms with E-state index in [9.17, 15) is 4.39 Å². The number of nitrogens with one attached hydrogen (secondary N) is 1. The van der Waals surface area contributed by atoms with Gasteiger partial charge < -0.3 is 0 Å². The molecular weight excluding hydrogens is 227 g/mol. The molecule has 94 valence electrons. The smallest absolute Gasteiger partial charge is 0.123 e. The zero-order chi connectivity index (χ0) is 12.5. The molecular formula is C15H17FN2. The first kappa shape index (κ1) is 11.5. The summed E-state index contributed by atoms with van der Waals surface area (Å²) >= 11 is 0. The number of H-pyrrole nitrogens is 1. The first-order valence-corrected chi connectivity index (χ1v) is 6.60. The summed E-state index contributed by atoms with van der Waals surface area (Å²) in [5, 5.41) is 7.56. The Labute approximate surface area is 106 Å². The number of hydrogen-bond donors (Lipinski definition) is 1. The molecule has 1 aromatic heterocycles. The van der Waals surface area contributed by atoms with E-state index in [1.807, 2.05) is 0 Å². The molecule has 1 aromatic carbocycles. The van der Waals surface area contributed by atoms with E-state index in [-0.39, 0.29) is 5.82 Å². The fourth-order valence-corrected chi connectivity index (χ4v) is 2.76. The summed E-state index contributed by atoms with van der Waals surface area (Å²) in [6.45, 7) is 2.24. The molecule has 18 heavy (non-hydrogen) atoms. The van der Waals surface area contributed by atoms with Crippen LogP contribution in [-0.2, 0) is 12.8 Å². The summed E-state index contributed by atoms with van der Waals surface area (Å²) in [5.74, 6) is 0.559. The Bertz CT molecular complexity index is 542. The highest BCUT2D eigenvalue weighted by atomic mass is 19.1. The van der Waals surface area contributed by atoms with Gasteiger partial charge in [0.15, 0.2) is 0 Å². The minimum absolute atomic E-state index is 0.199. The Balaban J connectivity index is 1.99. The van der Waals surface area contributed by atoms with E-state index >= 15 is 0 Å². The average molecular weight is 244 g/mol. The molecule has 1 heterocycles. The molecule has 0 saturated heterocycles. The van der Waals surface area contributed by atoms with E-state index in [2.05, 4.69) is 17.1 Å². The van der Waals surface area contributed by atoms with E-state index in [1.165, 1.54) is 36.2 Å². The van der Waals surface area contributed by atoms with Crippen molar-refractivity contribution in [3.63, 3.8) is 0 Å². The van der Waals surface area contributed by atoms with Crippen molar-refractivity contribution in [3.8, 4) is 11.3 Å². The lowest BCUT2D eigenvalue weighted by molar-refractivity contribution is 0.443. The van der Waals surface area contributed by atoms with Crippen molar-refractivity contribution in [2.75, 3.05) is 0 Å². The third kappa shape index (κ3) is 1.94. The van der Waals surface area contributed by atoms with Gasteiger partial charge in [-0.15, -0.1) is 0 Å². The van der Waals surface area contributed by atoms with Crippen molar-refractivity contribution in [2.24, 2.45) is 5.92 Å². The van der Waals surface area contributed by atoms with Crippen molar-refractivity contribution in [3.05, 3.63) is 41.3 Å². The van der Waals surface area contributed by atoms with Crippen LogP contribution in [0.5, 0.6) is 0 Å². The molecule has 1 unspecified atom stereocenters. The minimum Gasteiger partial charge on any atom is -0.282 e. The molecule has 2 aromatic rings. The van der Waals surface area contributed by atoms with Gasteiger partial charge in [-0.05, 0) is 49.4 Å². The molecule has 3 heteroatoms. The van der Waals surface area contributed by atoms with Crippen LogP contribution in [0, 0.1) is 11.7 Å². The van der Waals surface area contributed by atoms with E-state index in [0.29, 0.717) is 0 Å². The Morgan fingerprint density at radius 1 is 1.33 bits per heavy atom. The van der Waals surface area contributed by atoms with Crippen LogP contribution in [0.15, 0.2) is 24.3 Å². The fourth-order valence-electron chi connectivity index (χ4n) is 2.76. The minimum atomic E-state index is -0.199. The molecule has 0 spiro atoms. The summed E-state index contributed by atoms with van der Waals surface area (Å²) in [4.78, 5) is 0. The Kier molecular flexibility index (Phi) is 2.90. The second-order valence-corrected chi connectivity index (χ2v) is 5.05. The normalized spacial score (nSPS) is 18.7. The van der Waals surface area contributed by atoms with Crippen LogP contribution in [-0.4, -0.2) is 10.2 Å². The largest absolute Gasteiger partial charge is 0.282 e. The van der Waals surface area contributed by atoms with Gasteiger partial charge in [0.1, 0.15) is 5.82 Å². The van der Waals surface area contributed by atoms with Crippen molar-refractivity contribution in [2.45, 2.75) is 32.6 Å². The molecule has 0 bridgehead atoms. The second kappa shape index (κ2) is 4.56. The van der Waals surface area contributed by atoms with Crippen LogP contribution in [0.3, 0.4) is 0 Å². The molecule has 0 aliphatic heterocycles. The molecule has 0 saturated carbocycles. The molecule has 2 nitrogen and oxygen atoms in total. The predicted molar refractivity (Wildman–Crippen MR) is 69.8 cm³/mol. The molecule has 1 aliphatic carbocycles. The lowest BCUT2D eigenvalue weighted by Crippen LogP contribution is -2.12. The summed E-state index contributed by atoms with van der Waals surface area (Å²) in [7, 11) is 0. The number of aromatic amines is 1. The first-order chi connectivity index (χ1) is 8.78. The molecule has 1 N–H and O–H groups in total. The molecule has 0 radical (unpaired) electrons. The Morgan fingerprint density at radius 3 is 2.83 bits per heavy atom. The van der Waals surface area contributed by atoms with Gasteiger partial charge in [-0.2, -0.15) is 5.10 Å². The third-order valence-corrected chi connectivity index (χ3v) is 3.94. The van der Waals surface area contributed by atoms with Gasteiger partial charge in [-0.25, -0.2) is 4.39 Å². The maximum atomic E-state index is 13.0. The van der Waals surface area contributed by atoms with Gasteiger partial charge in [0.2, 0.25) is 0 Å². The van der Waals surface area contributed by atoms with Gasteiger partial charge >= 0.3 is 0 Å². The number of nitrogens with zero attached hydrogens (tertiary/aromatic N) is 1. The van der Waals surface area contributed by atoms with Gasteiger partial charge in [0.25, 0.3) is 0 Å². The number of fused-ring (bicyclic) bond motifs is 1. The second-order valence-electron chi connectivity index (χ2n) is 5.05. The van der Waals surface area contributed by atoms with Crippen LogP contribution in [0.1, 0.15) is 31.0 Å². The monoisotopic (exact) mass is 244 g/mol. The highest BCUT2D eigenvalue weighted by Crippen LogP contribution is 2.33. The maximum absolute atomic E-state index is 13.0. The van der Waals surface area contributed by atoms with Crippen LogP contribution in [0.4, 0.5) is 4.39 Å². The van der Waals surface area contributed by atoms with Crippen molar-refractivity contribution in [1.82, 2.24) is 10.2 Å². The quantitative estimate of drug-likeness (QED) is 0.856. The van der Waals surface area contributed by atoms with E-state index < -0.39 is 0 Å². The van der Waals surface area contributed by atoms with E-state index in [4.69, 9.17) is 0 Å². The number of halogens is 1.